The first-order chi connectivity index (χ1) is 14.1. The highest BCUT2D eigenvalue weighted by atomic mass is 32.2. The van der Waals surface area contributed by atoms with Gasteiger partial charge in [0.05, 0.1) is 29.8 Å². The normalized spacial score (nSPS) is 11.1. The molecule has 0 aliphatic heterocycles. The fourth-order valence-electron chi connectivity index (χ4n) is 2.70. The Hall–Kier alpha value is -2.91. The number of furan rings is 1. The van der Waals surface area contributed by atoms with Crippen molar-refractivity contribution < 1.29 is 13.6 Å². The Morgan fingerprint density at radius 3 is 2.86 bits per heavy atom. The highest BCUT2D eigenvalue weighted by Crippen LogP contribution is 2.31. The molecule has 148 valence electrons. The van der Waals surface area contributed by atoms with Crippen LogP contribution >= 0.6 is 23.1 Å². The molecule has 0 saturated carbocycles. The van der Waals surface area contributed by atoms with Gasteiger partial charge in [0, 0.05) is 4.88 Å². The zero-order valence-corrected chi connectivity index (χ0v) is 16.7. The van der Waals surface area contributed by atoms with Crippen LogP contribution in [0.2, 0.25) is 0 Å². The van der Waals surface area contributed by atoms with Crippen molar-refractivity contribution in [3.63, 3.8) is 0 Å². The van der Waals surface area contributed by atoms with Crippen LogP contribution in [0.15, 0.2) is 57.9 Å². The number of rotatable bonds is 7. The Morgan fingerprint density at radius 1 is 1.28 bits per heavy atom. The number of benzene rings is 1. The van der Waals surface area contributed by atoms with Crippen LogP contribution in [0.4, 0.5) is 4.39 Å². The van der Waals surface area contributed by atoms with E-state index >= 15 is 0 Å². The average molecular weight is 429 g/mol. The summed E-state index contributed by atoms with van der Waals surface area (Å²) in [5, 5.41) is 2.77. The molecule has 6 nitrogen and oxygen atoms in total. The highest BCUT2D eigenvalue weighted by Gasteiger charge is 2.11. The number of carbonyl (C=O) groups excluding carboxylic acids is 1. The lowest BCUT2D eigenvalue weighted by Crippen LogP contribution is -2.24. The van der Waals surface area contributed by atoms with Gasteiger partial charge in [0.2, 0.25) is 5.91 Å². The van der Waals surface area contributed by atoms with E-state index in [1.54, 1.807) is 30.5 Å². The van der Waals surface area contributed by atoms with E-state index in [2.05, 4.69) is 15.3 Å². The van der Waals surface area contributed by atoms with E-state index in [0.717, 1.165) is 10.4 Å². The summed E-state index contributed by atoms with van der Waals surface area (Å²) >= 11 is 2.68. The van der Waals surface area contributed by atoms with Crippen LogP contribution in [0.5, 0.6) is 0 Å². The second kappa shape index (κ2) is 8.62. The third-order valence-electron chi connectivity index (χ3n) is 4.07. The second-order valence-electron chi connectivity index (χ2n) is 6.19. The monoisotopic (exact) mass is 429 g/mol. The Morgan fingerprint density at radius 2 is 2.10 bits per heavy atom. The molecule has 9 heteroatoms. The van der Waals surface area contributed by atoms with E-state index in [1.165, 1.54) is 35.2 Å². The first kappa shape index (κ1) is 19.4. The molecule has 1 aromatic carbocycles. The number of aromatic amines is 1. The van der Waals surface area contributed by atoms with Gasteiger partial charge >= 0.3 is 0 Å². The zero-order chi connectivity index (χ0) is 20.2. The van der Waals surface area contributed by atoms with E-state index in [1.807, 2.05) is 6.07 Å². The third-order valence-corrected chi connectivity index (χ3v) is 6.19. The predicted octanol–water partition coefficient (Wildman–Crippen LogP) is 3.93. The molecule has 29 heavy (non-hydrogen) atoms. The van der Waals surface area contributed by atoms with Crippen LogP contribution in [0.3, 0.4) is 0 Å². The molecule has 0 unspecified atom stereocenters. The third kappa shape index (κ3) is 4.75. The molecule has 1 amide bonds. The van der Waals surface area contributed by atoms with Crippen LogP contribution in [0.25, 0.3) is 20.7 Å². The molecule has 0 radical (unpaired) electrons. The molecular weight excluding hydrogens is 413 g/mol. The van der Waals surface area contributed by atoms with Crippen molar-refractivity contribution in [1.82, 2.24) is 15.3 Å². The topological polar surface area (TPSA) is 88.0 Å². The van der Waals surface area contributed by atoms with Crippen molar-refractivity contribution in [2.75, 3.05) is 5.75 Å². The van der Waals surface area contributed by atoms with Gasteiger partial charge in [-0.15, -0.1) is 23.1 Å². The molecule has 0 spiro atoms. The Bertz CT molecular complexity index is 1180. The summed E-state index contributed by atoms with van der Waals surface area (Å²) in [6.45, 7) is 0.342. The Kier molecular flexibility index (Phi) is 5.77. The second-order valence-corrected chi connectivity index (χ2v) is 8.23. The molecular formula is C20H16FN3O3S2. The fraction of sp³-hybridized carbons (Fsp3) is 0.150. The molecule has 0 saturated heterocycles. The number of fused-ring (bicyclic) bond motifs is 1. The number of carbonyl (C=O) groups is 1. The SMILES string of the molecule is O=C(CSCc1nc2cc(-c3ccc(F)cc3)sc2c(=O)[nH]1)NCc1ccco1. The lowest BCUT2D eigenvalue weighted by atomic mass is 10.2. The fourth-order valence-corrected chi connectivity index (χ4v) is 4.42. The first-order valence-electron chi connectivity index (χ1n) is 8.74. The Balaban J connectivity index is 1.39. The van der Waals surface area contributed by atoms with Gasteiger partial charge in [-0.1, -0.05) is 12.1 Å². The number of amides is 1. The van der Waals surface area contributed by atoms with E-state index in [4.69, 9.17) is 4.42 Å². The highest BCUT2D eigenvalue weighted by molar-refractivity contribution is 7.99. The van der Waals surface area contributed by atoms with Crippen LogP contribution in [-0.2, 0) is 17.1 Å². The molecule has 0 fully saturated rings. The van der Waals surface area contributed by atoms with Gasteiger partial charge in [-0.3, -0.25) is 9.59 Å². The average Bonchev–Trinajstić information content (AvgIpc) is 3.37. The van der Waals surface area contributed by atoms with Gasteiger partial charge in [-0.2, -0.15) is 0 Å². The maximum Gasteiger partial charge on any atom is 0.268 e. The maximum absolute atomic E-state index is 13.1. The number of H-pyrrole nitrogens is 1. The van der Waals surface area contributed by atoms with E-state index in [9.17, 15) is 14.0 Å². The van der Waals surface area contributed by atoms with E-state index in [0.29, 0.717) is 34.1 Å². The summed E-state index contributed by atoms with van der Waals surface area (Å²) in [5.74, 6) is 1.42. The van der Waals surface area contributed by atoms with Crippen molar-refractivity contribution in [3.8, 4) is 10.4 Å². The summed E-state index contributed by atoms with van der Waals surface area (Å²) in [7, 11) is 0. The number of nitrogens with zero attached hydrogens (tertiary/aromatic N) is 1. The van der Waals surface area contributed by atoms with Gasteiger partial charge in [0.15, 0.2) is 0 Å². The van der Waals surface area contributed by atoms with Crippen LogP contribution < -0.4 is 10.9 Å². The zero-order valence-electron chi connectivity index (χ0n) is 15.1. The van der Waals surface area contributed by atoms with Gasteiger partial charge in [0.25, 0.3) is 5.56 Å². The predicted molar refractivity (Wildman–Crippen MR) is 112 cm³/mol. The Labute approximate surface area is 173 Å². The molecule has 0 aliphatic carbocycles. The summed E-state index contributed by atoms with van der Waals surface area (Å²) in [5.41, 5.74) is 1.21. The quantitative estimate of drug-likeness (QED) is 0.465. The van der Waals surface area contributed by atoms with Gasteiger partial charge in [0.1, 0.15) is 22.1 Å². The van der Waals surface area contributed by atoms with Crippen molar-refractivity contribution in [2.24, 2.45) is 0 Å². The number of thiophene rings is 1. The summed E-state index contributed by atoms with van der Waals surface area (Å²) in [6.07, 6.45) is 1.56. The minimum atomic E-state index is -0.307. The van der Waals surface area contributed by atoms with E-state index in [-0.39, 0.29) is 23.0 Å². The maximum atomic E-state index is 13.1. The van der Waals surface area contributed by atoms with Crippen molar-refractivity contribution in [3.05, 3.63) is 76.5 Å². The lowest BCUT2D eigenvalue weighted by molar-refractivity contribution is -0.118. The van der Waals surface area contributed by atoms with Crippen molar-refractivity contribution >= 4 is 39.2 Å². The minimum absolute atomic E-state index is 0.121. The molecule has 2 N–H and O–H groups in total. The summed E-state index contributed by atoms with van der Waals surface area (Å²) in [4.78, 5) is 32.4. The lowest BCUT2D eigenvalue weighted by Gasteiger charge is -2.03. The standard InChI is InChI=1S/C20H16FN3O3S2/c21-13-5-3-12(4-6-13)16-8-15-19(29-16)20(26)24-17(23-15)10-28-11-18(25)22-9-14-2-1-7-27-14/h1-8H,9-11H2,(H,22,25)(H,23,24,26). The number of nitrogens with one attached hydrogen (secondary N) is 2. The van der Waals surface area contributed by atoms with Crippen LogP contribution in [0, 0.1) is 5.82 Å². The van der Waals surface area contributed by atoms with Gasteiger partial charge in [-0.25, -0.2) is 9.37 Å². The molecule has 4 rings (SSSR count). The van der Waals surface area contributed by atoms with E-state index < -0.39 is 0 Å². The largest absolute Gasteiger partial charge is 0.467 e. The van der Waals surface area contributed by atoms with Crippen LogP contribution in [-0.4, -0.2) is 21.6 Å². The molecule has 0 bridgehead atoms. The van der Waals surface area contributed by atoms with Gasteiger partial charge < -0.3 is 14.7 Å². The number of hydrogen-bond acceptors (Lipinski definition) is 6. The molecule has 3 aromatic heterocycles. The first-order valence-corrected chi connectivity index (χ1v) is 10.7. The van der Waals surface area contributed by atoms with Gasteiger partial charge in [-0.05, 0) is 35.9 Å². The smallest absolute Gasteiger partial charge is 0.268 e. The number of hydrogen-bond donors (Lipinski definition) is 2. The molecule has 4 aromatic rings. The number of aromatic nitrogens is 2. The summed E-state index contributed by atoms with van der Waals surface area (Å²) in [6, 6.07) is 11.5. The van der Waals surface area contributed by atoms with Crippen molar-refractivity contribution in [2.45, 2.75) is 12.3 Å². The minimum Gasteiger partial charge on any atom is -0.467 e. The molecule has 3 heterocycles. The van der Waals surface area contributed by atoms with Crippen molar-refractivity contribution in [1.29, 1.82) is 0 Å². The summed E-state index contributed by atoms with van der Waals surface area (Å²) < 4.78 is 18.8. The molecule has 0 aliphatic rings. The number of halogens is 1. The number of thioether (sulfide) groups is 1. The molecule has 0 atom stereocenters. The van der Waals surface area contributed by atoms with Crippen LogP contribution in [0.1, 0.15) is 11.6 Å².